The zero-order valence-electron chi connectivity index (χ0n) is 26.7. The van der Waals surface area contributed by atoms with E-state index in [1.54, 1.807) is 49.4 Å². The summed E-state index contributed by atoms with van der Waals surface area (Å²) < 4.78 is 45.8. The van der Waals surface area contributed by atoms with Crippen LogP contribution in [0.25, 0.3) is 0 Å². The number of anilines is 1. The second-order valence-electron chi connectivity index (χ2n) is 11.1. The third kappa shape index (κ3) is 8.64. The van der Waals surface area contributed by atoms with Crippen LogP contribution in [0.4, 0.5) is 5.69 Å². The van der Waals surface area contributed by atoms with E-state index in [4.69, 9.17) is 25.8 Å². The molecular formula is C34H42ClN3O7S. The van der Waals surface area contributed by atoms with Crippen molar-refractivity contribution in [2.45, 2.75) is 69.5 Å². The van der Waals surface area contributed by atoms with E-state index in [9.17, 15) is 18.0 Å². The first-order valence-corrected chi connectivity index (χ1v) is 17.2. The van der Waals surface area contributed by atoms with Crippen LogP contribution in [0.2, 0.25) is 5.02 Å². The highest BCUT2D eigenvalue weighted by Gasteiger charge is 2.34. The molecule has 0 aromatic heterocycles. The SMILES string of the molecule is CCOc1ccc(N(CC(=O)N(Cc2cccc(Cl)c2)C(C)C(=O)NC2CCCCC2)S(=O)(=O)c2ccc(OC)c(OC)c2)cc1. The summed E-state index contributed by atoms with van der Waals surface area (Å²) in [6, 6.07) is 16.9. The van der Waals surface area contributed by atoms with Gasteiger partial charge in [-0.1, -0.05) is 43.0 Å². The van der Waals surface area contributed by atoms with Crippen molar-refractivity contribution in [3.8, 4) is 17.2 Å². The summed E-state index contributed by atoms with van der Waals surface area (Å²) >= 11 is 6.25. The van der Waals surface area contributed by atoms with Gasteiger partial charge >= 0.3 is 0 Å². The Labute approximate surface area is 276 Å². The lowest BCUT2D eigenvalue weighted by atomic mass is 9.95. The average Bonchev–Trinajstić information content (AvgIpc) is 3.06. The van der Waals surface area contributed by atoms with E-state index in [0.29, 0.717) is 28.7 Å². The van der Waals surface area contributed by atoms with Crippen LogP contribution in [-0.2, 0) is 26.2 Å². The summed E-state index contributed by atoms with van der Waals surface area (Å²) in [5.74, 6) is 0.270. The fraction of sp³-hybridized carbons (Fsp3) is 0.412. The molecule has 3 aromatic rings. The Bertz CT molecular complexity index is 1590. The maximum atomic E-state index is 14.3. The molecule has 0 aliphatic heterocycles. The monoisotopic (exact) mass is 671 g/mol. The number of hydrogen-bond donors (Lipinski definition) is 1. The molecule has 46 heavy (non-hydrogen) atoms. The third-order valence-electron chi connectivity index (χ3n) is 8.02. The number of carbonyl (C=O) groups excluding carboxylic acids is 2. The first kappa shape index (κ1) is 34.9. The van der Waals surface area contributed by atoms with Gasteiger partial charge in [-0.25, -0.2) is 8.42 Å². The molecule has 248 valence electrons. The van der Waals surface area contributed by atoms with Crippen molar-refractivity contribution in [1.29, 1.82) is 0 Å². The Morgan fingerprint density at radius 3 is 2.28 bits per heavy atom. The van der Waals surface area contributed by atoms with Crippen LogP contribution in [0, 0.1) is 0 Å². The van der Waals surface area contributed by atoms with Crippen molar-refractivity contribution in [2.75, 3.05) is 31.7 Å². The number of amides is 2. The molecule has 1 aliphatic carbocycles. The van der Waals surface area contributed by atoms with Crippen molar-refractivity contribution in [3.05, 3.63) is 77.3 Å². The fourth-order valence-electron chi connectivity index (χ4n) is 5.49. The van der Waals surface area contributed by atoms with E-state index in [1.807, 2.05) is 13.0 Å². The fourth-order valence-corrected chi connectivity index (χ4v) is 7.13. The first-order chi connectivity index (χ1) is 22.1. The van der Waals surface area contributed by atoms with Crippen LogP contribution in [0.5, 0.6) is 17.2 Å². The van der Waals surface area contributed by atoms with Gasteiger partial charge in [0.25, 0.3) is 10.0 Å². The first-order valence-electron chi connectivity index (χ1n) is 15.4. The Balaban J connectivity index is 1.72. The van der Waals surface area contributed by atoms with Crippen molar-refractivity contribution in [3.63, 3.8) is 0 Å². The molecule has 4 rings (SSSR count). The number of methoxy groups -OCH3 is 2. The second kappa shape index (κ2) is 16.0. The molecular weight excluding hydrogens is 630 g/mol. The van der Waals surface area contributed by atoms with Crippen LogP contribution in [-0.4, -0.2) is 64.6 Å². The molecule has 1 fully saturated rings. The van der Waals surface area contributed by atoms with Crippen LogP contribution in [0.1, 0.15) is 51.5 Å². The van der Waals surface area contributed by atoms with Crippen LogP contribution < -0.4 is 23.8 Å². The third-order valence-corrected chi connectivity index (χ3v) is 10.0. The average molecular weight is 672 g/mol. The van der Waals surface area contributed by atoms with Gasteiger partial charge in [0, 0.05) is 23.7 Å². The topological polar surface area (TPSA) is 114 Å². The number of benzene rings is 3. The Hall–Kier alpha value is -3.96. The summed E-state index contributed by atoms with van der Waals surface area (Å²) in [5.41, 5.74) is 0.946. The number of sulfonamides is 1. The molecule has 0 saturated heterocycles. The van der Waals surface area contributed by atoms with Crippen LogP contribution in [0.3, 0.4) is 0 Å². The summed E-state index contributed by atoms with van der Waals surface area (Å²) in [6.07, 6.45) is 4.98. The molecule has 1 saturated carbocycles. The Morgan fingerprint density at radius 1 is 0.957 bits per heavy atom. The molecule has 1 atom stereocenters. The highest BCUT2D eigenvalue weighted by molar-refractivity contribution is 7.92. The molecule has 0 heterocycles. The highest BCUT2D eigenvalue weighted by atomic mass is 35.5. The maximum absolute atomic E-state index is 14.3. The summed E-state index contributed by atoms with van der Waals surface area (Å²) in [4.78, 5) is 29.1. The second-order valence-corrected chi connectivity index (χ2v) is 13.4. The van der Waals surface area contributed by atoms with Gasteiger partial charge in [0.05, 0.1) is 31.4 Å². The number of hydrogen-bond acceptors (Lipinski definition) is 7. The molecule has 12 heteroatoms. The zero-order chi connectivity index (χ0) is 33.3. The molecule has 10 nitrogen and oxygen atoms in total. The number of halogens is 1. The Kier molecular flexibility index (Phi) is 12.2. The molecule has 1 unspecified atom stereocenters. The van der Waals surface area contributed by atoms with Gasteiger partial charge in [-0.2, -0.15) is 0 Å². The molecule has 2 amide bonds. The number of nitrogens with zero attached hydrogens (tertiary/aromatic N) is 2. The maximum Gasteiger partial charge on any atom is 0.264 e. The molecule has 1 N–H and O–H groups in total. The van der Waals surface area contributed by atoms with Gasteiger partial charge < -0.3 is 24.4 Å². The minimum absolute atomic E-state index is 0.0394. The minimum Gasteiger partial charge on any atom is -0.494 e. The lowest BCUT2D eigenvalue weighted by Gasteiger charge is -2.33. The van der Waals surface area contributed by atoms with Gasteiger partial charge in [0.15, 0.2) is 11.5 Å². The van der Waals surface area contributed by atoms with Crippen LogP contribution >= 0.6 is 11.6 Å². The van der Waals surface area contributed by atoms with Crippen LogP contribution in [0.15, 0.2) is 71.6 Å². The van der Waals surface area contributed by atoms with E-state index in [-0.39, 0.29) is 34.8 Å². The Morgan fingerprint density at radius 2 is 1.65 bits per heavy atom. The molecule has 0 radical (unpaired) electrons. The lowest BCUT2D eigenvalue weighted by Crippen LogP contribution is -2.53. The van der Waals surface area contributed by atoms with Gasteiger partial charge in [0.2, 0.25) is 11.8 Å². The number of ether oxygens (including phenoxy) is 3. The zero-order valence-corrected chi connectivity index (χ0v) is 28.3. The number of rotatable bonds is 14. The lowest BCUT2D eigenvalue weighted by molar-refractivity contribution is -0.139. The normalized spacial score (nSPS) is 14.2. The number of carbonyl (C=O) groups is 2. The smallest absolute Gasteiger partial charge is 0.264 e. The van der Waals surface area contributed by atoms with Crippen molar-refractivity contribution in [1.82, 2.24) is 10.2 Å². The molecule has 0 bridgehead atoms. The van der Waals surface area contributed by atoms with Gasteiger partial charge in [-0.05, 0) is 80.8 Å². The largest absolute Gasteiger partial charge is 0.494 e. The van der Waals surface area contributed by atoms with Crippen molar-refractivity contribution >= 4 is 39.1 Å². The quantitative estimate of drug-likeness (QED) is 0.230. The van der Waals surface area contributed by atoms with E-state index in [0.717, 1.165) is 36.4 Å². The van der Waals surface area contributed by atoms with E-state index < -0.39 is 28.5 Å². The number of nitrogens with one attached hydrogen (secondary N) is 1. The highest BCUT2D eigenvalue weighted by Crippen LogP contribution is 2.33. The standard InChI is InChI=1S/C34H42ClN3O7S/c1-5-45-29-16-14-28(15-17-29)38(46(41,42)30-18-19-31(43-3)32(21-30)44-4)23-33(39)37(22-25-10-9-11-26(35)20-25)24(2)34(40)36-27-12-7-6-8-13-27/h9-11,14-21,24,27H,5-8,12-13,22-23H2,1-4H3,(H,36,40). The van der Waals surface area contributed by atoms with E-state index in [2.05, 4.69) is 5.32 Å². The summed E-state index contributed by atoms with van der Waals surface area (Å²) in [6.45, 7) is 3.41. The molecule has 0 spiro atoms. The predicted octanol–water partition coefficient (Wildman–Crippen LogP) is 5.82. The molecule has 1 aliphatic rings. The van der Waals surface area contributed by atoms with Gasteiger partial charge in [0.1, 0.15) is 18.3 Å². The van der Waals surface area contributed by atoms with Crippen molar-refractivity contribution in [2.24, 2.45) is 0 Å². The summed E-state index contributed by atoms with van der Waals surface area (Å²) in [5, 5.41) is 3.59. The summed E-state index contributed by atoms with van der Waals surface area (Å²) in [7, 11) is -1.46. The van der Waals surface area contributed by atoms with Crippen molar-refractivity contribution < 1.29 is 32.2 Å². The minimum atomic E-state index is -4.33. The predicted molar refractivity (Wildman–Crippen MR) is 178 cm³/mol. The molecule has 3 aromatic carbocycles. The van der Waals surface area contributed by atoms with Gasteiger partial charge in [-0.3, -0.25) is 13.9 Å². The van der Waals surface area contributed by atoms with E-state index >= 15 is 0 Å². The van der Waals surface area contributed by atoms with Gasteiger partial charge in [-0.15, -0.1) is 0 Å². The van der Waals surface area contributed by atoms with E-state index in [1.165, 1.54) is 37.3 Å².